The van der Waals surface area contributed by atoms with Crippen LogP contribution in [0, 0.1) is 0 Å². The highest BCUT2D eigenvalue weighted by Gasteiger charge is 2.01. The first-order chi connectivity index (χ1) is 10.7. The van der Waals surface area contributed by atoms with Crippen molar-refractivity contribution in [1.29, 1.82) is 0 Å². The standard InChI is InChI=1S/C16H19ClN4O.HI/c1-18-16(20-10-12-3-5-14(17)6-4-12)21-11-13-7-8-19-15(9-13)22-2;/h3-9H,10-11H2,1-2H3,(H2,18,20,21);1H. The Bertz CT molecular complexity index is 634. The molecule has 0 amide bonds. The molecule has 23 heavy (non-hydrogen) atoms. The van der Waals surface area contributed by atoms with Gasteiger partial charge in [0.2, 0.25) is 5.88 Å². The van der Waals surface area contributed by atoms with Gasteiger partial charge in [0, 0.05) is 37.4 Å². The summed E-state index contributed by atoms with van der Waals surface area (Å²) in [5.74, 6) is 1.33. The molecule has 2 aromatic rings. The lowest BCUT2D eigenvalue weighted by atomic mass is 10.2. The molecule has 2 rings (SSSR count). The number of nitrogens with one attached hydrogen (secondary N) is 2. The van der Waals surface area contributed by atoms with Crippen LogP contribution in [0.5, 0.6) is 5.88 Å². The molecule has 1 heterocycles. The Hall–Kier alpha value is -1.54. The Morgan fingerprint density at radius 3 is 2.39 bits per heavy atom. The molecule has 0 atom stereocenters. The first kappa shape index (κ1) is 19.5. The summed E-state index contributed by atoms with van der Waals surface area (Å²) in [5, 5.41) is 7.24. The summed E-state index contributed by atoms with van der Waals surface area (Å²) in [6.45, 7) is 1.32. The summed E-state index contributed by atoms with van der Waals surface area (Å²) in [7, 11) is 3.34. The van der Waals surface area contributed by atoms with Gasteiger partial charge in [0.25, 0.3) is 0 Å². The minimum Gasteiger partial charge on any atom is -0.481 e. The maximum Gasteiger partial charge on any atom is 0.213 e. The zero-order chi connectivity index (χ0) is 15.8. The third-order valence-corrected chi connectivity index (χ3v) is 3.32. The van der Waals surface area contributed by atoms with Gasteiger partial charge < -0.3 is 15.4 Å². The van der Waals surface area contributed by atoms with E-state index in [0.29, 0.717) is 19.0 Å². The quantitative estimate of drug-likeness (QED) is 0.421. The fourth-order valence-corrected chi connectivity index (χ4v) is 1.99. The lowest BCUT2D eigenvalue weighted by molar-refractivity contribution is 0.397. The fourth-order valence-electron chi connectivity index (χ4n) is 1.87. The van der Waals surface area contributed by atoms with E-state index < -0.39 is 0 Å². The molecule has 0 spiro atoms. The number of hydrogen-bond acceptors (Lipinski definition) is 3. The van der Waals surface area contributed by atoms with E-state index in [4.69, 9.17) is 16.3 Å². The number of guanidine groups is 1. The number of hydrogen-bond donors (Lipinski definition) is 2. The first-order valence-corrected chi connectivity index (χ1v) is 7.27. The van der Waals surface area contributed by atoms with Gasteiger partial charge in [0.05, 0.1) is 7.11 Å². The van der Waals surface area contributed by atoms with Gasteiger partial charge in [-0.2, -0.15) is 0 Å². The highest BCUT2D eigenvalue weighted by molar-refractivity contribution is 14.0. The highest BCUT2D eigenvalue weighted by Crippen LogP contribution is 2.09. The van der Waals surface area contributed by atoms with Crippen molar-refractivity contribution in [2.45, 2.75) is 13.1 Å². The molecule has 0 aliphatic carbocycles. The average molecular weight is 447 g/mol. The van der Waals surface area contributed by atoms with Crippen LogP contribution in [0.25, 0.3) is 0 Å². The van der Waals surface area contributed by atoms with Crippen molar-refractivity contribution in [3.8, 4) is 5.88 Å². The van der Waals surface area contributed by atoms with Gasteiger partial charge in [-0.3, -0.25) is 4.99 Å². The highest BCUT2D eigenvalue weighted by atomic mass is 127. The summed E-state index contributed by atoms with van der Waals surface area (Å²) in [4.78, 5) is 8.28. The zero-order valence-electron chi connectivity index (χ0n) is 13.0. The number of aromatic nitrogens is 1. The lowest BCUT2D eigenvalue weighted by Gasteiger charge is -2.12. The number of ether oxygens (including phenoxy) is 1. The molecule has 124 valence electrons. The van der Waals surface area contributed by atoms with Crippen molar-refractivity contribution in [2.75, 3.05) is 14.2 Å². The molecule has 1 aromatic carbocycles. The van der Waals surface area contributed by atoms with E-state index in [0.717, 1.165) is 22.1 Å². The van der Waals surface area contributed by atoms with Crippen molar-refractivity contribution in [2.24, 2.45) is 4.99 Å². The second-order valence-corrected chi connectivity index (χ2v) is 5.05. The number of halogens is 2. The molecule has 1 aromatic heterocycles. The SMILES string of the molecule is CN=C(NCc1ccc(Cl)cc1)NCc1ccnc(OC)c1.I. The van der Waals surface area contributed by atoms with Crippen LogP contribution in [0.4, 0.5) is 0 Å². The van der Waals surface area contributed by atoms with Crippen molar-refractivity contribution < 1.29 is 4.74 Å². The molecular weight excluding hydrogens is 427 g/mol. The van der Waals surface area contributed by atoms with E-state index in [1.54, 1.807) is 20.4 Å². The molecule has 0 saturated carbocycles. The van der Waals surface area contributed by atoms with Gasteiger partial charge >= 0.3 is 0 Å². The molecular formula is C16H20ClIN4O. The van der Waals surface area contributed by atoms with Crippen LogP contribution in [0.2, 0.25) is 5.02 Å². The second-order valence-electron chi connectivity index (χ2n) is 4.61. The van der Waals surface area contributed by atoms with Crippen LogP contribution in [-0.4, -0.2) is 25.1 Å². The Morgan fingerprint density at radius 2 is 1.78 bits per heavy atom. The molecule has 0 saturated heterocycles. The molecule has 7 heteroatoms. The number of methoxy groups -OCH3 is 1. The Morgan fingerprint density at radius 1 is 1.13 bits per heavy atom. The van der Waals surface area contributed by atoms with Crippen LogP contribution in [0.1, 0.15) is 11.1 Å². The van der Waals surface area contributed by atoms with E-state index in [-0.39, 0.29) is 24.0 Å². The fraction of sp³-hybridized carbons (Fsp3) is 0.250. The van der Waals surface area contributed by atoms with Crippen LogP contribution >= 0.6 is 35.6 Å². The normalized spacial score (nSPS) is 10.7. The average Bonchev–Trinajstić information content (AvgIpc) is 2.57. The van der Waals surface area contributed by atoms with Gasteiger partial charge in [-0.15, -0.1) is 24.0 Å². The van der Waals surface area contributed by atoms with Gasteiger partial charge in [-0.05, 0) is 29.3 Å². The molecule has 2 N–H and O–H groups in total. The second kappa shape index (κ2) is 10.3. The zero-order valence-corrected chi connectivity index (χ0v) is 16.1. The van der Waals surface area contributed by atoms with E-state index in [1.165, 1.54) is 0 Å². The van der Waals surface area contributed by atoms with Gasteiger partial charge in [0.15, 0.2) is 5.96 Å². The summed E-state index contributed by atoms with van der Waals surface area (Å²) in [5.41, 5.74) is 2.21. The van der Waals surface area contributed by atoms with E-state index in [2.05, 4.69) is 20.6 Å². The number of benzene rings is 1. The smallest absolute Gasteiger partial charge is 0.213 e. The number of nitrogens with zero attached hydrogens (tertiary/aromatic N) is 2. The molecule has 0 aliphatic heterocycles. The van der Waals surface area contributed by atoms with Crippen molar-refractivity contribution in [3.05, 3.63) is 58.7 Å². The Labute approximate surface area is 158 Å². The summed E-state index contributed by atoms with van der Waals surface area (Å²) in [6.07, 6.45) is 1.72. The van der Waals surface area contributed by atoms with E-state index >= 15 is 0 Å². The summed E-state index contributed by atoms with van der Waals surface area (Å²) in [6, 6.07) is 11.5. The topological polar surface area (TPSA) is 58.5 Å². The van der Waals surface area contributed by atoms with E-state index in [9.17, 15) is 0 Å². The molecule has 0 aliphatic rings. The van der Waals surface area contributed by atoms with E-state index in [1.807, 2.05) is 36.4 Å². The maximum atomic E-state index is 5.87. The molecule has 0 unspecified atom stereocenters. The van der Waals surface area contributed by atoms with Crippen molar-refractivity contribution >= 4 is 41.5 Å². The van der Waals surface area contributed by atoms with Gasteiger partial charge in [0.1, 0.15) is 0 Å². The minimum absolute atomic E-state index is 0. The Balaban J connectivity index is 0.00000264. The summed E-state index contributed by atoms with van der Waals surface area (Å²) < 4.78 is 5.11. The van der Waals surface area contributed by atoms with Crippen LogP contribution in [-0.2, 0) is 13.1 Å². The lowest BCUT2D eigenvalue weighted by Crippen LogP contribution is -2.36. The molecule has 5 nitrogen and oxygen atoms in total. The van der Waals surface area contributed by atoms with Crippen LogP contribution < -0.4 is 15.4 Å². The monoisotopic (exact) mass is 446 g/mol. The number of pyridine rings is 1. The Kier molecular flexibility index (Phi) is 8.71. The molecule has 0 fully saturated rings. The largest absolute Gasteiger partial charge is 0.481 e. The third kappa shape index (κ3) is 6.62. The maximum absolute atomic E-state index is 5.87. The number of rotatable bonds is 5. The van der Waals surface area contributed by atoms with Gasteiger partial charge in [-0.1, -0.05) is 23.7 Å². The predicted octanol–water partition coefficient (Wildman–Crippen LogP) is 3.23. The van der Waals surface area contributed by atoms with Crippen LogP contribution in [0.15, 0.2) is 47.6 Å². The molecule has 0 bridgehead atoms. The first-order valence-electron chi connectivity index (χ1n) is 6.89. The summed E-state index contributed by atoms with van der Waals surface area (Å²) >= 11 is 5.87. The van der Waals surface area contributed by atoms with Gasteiger partial charge in [-0.25, -0.2) is 4.98 Å². The predicted molar refractivity (Wildman–Crippen MR) is 105 cm³/mol. The minimum atomic E-state index is 0. The number of aliphatic imine (C=N–C) groups is 1. The van der Waals surface area contributed by atoms with Crippen molar-refractivity contribution in [3.63, 3.8) is 0 Å². The molecule has 0 radical (unpaired) electrons. The van der Waals surface area contributed by atoms with Crippen molar-refractivity contribution in [1.82, 2.24) is 15.6 Å². The third-order valence-electron chi connectivity index (χ3n) is 3.07. The van der Waals surface area contributed by atoms with Crippen LogP contribution in [0.3, 0.4) is 0 Å².